The highest BCUT2D eigenvalue weighted by Gasteiger charge is 2.35. The van der Waals surface area contributed by atoms with Gasteiger partial charge in [0.1, 0.15) is 5.75 Å². The standard InChI is InChI=1S/C20H18ClF2NO4/c1-20(22,23)14-10-17-13(9-12(14)19(26)27-2)16(7-8-28-17)24-18(25)11-5-3-4-6-15(11)21/h3-6,9-10,16H,7-8H2,1-2H3,(H,24,25)/t16-/m1/s1. The Morgan fingerprint density at radius 2 is 1.96 bits per heavy atom. The molecular weight excluding hydrogens is 392 g/mol. The van der Waals surface area contributed by atoms with Crippen LogP contribution in [-0.4, -0.2) is 25.6 Å². The SMILES string of the molecule is COC(=O)c1cc2c(cc1C(C)(F)F)OCC[C@H]2NC(=O)c1ccccc1Cl. The van der Waals surface area contributed by atoms with Gasteiger partial charge in [-0.05, 0) is 24.3 Å². The van der Waals surface area contributed by atoms with Crippen LogP contribution in [0.3, 0.4) is 0 Å². The first-order valence-electron chi connectivity index (χ1n) is 8.55. The maximum atomic E-state index is 14.0. The molecule has 148 valence electrons. The molecule has 0 unspecified atom stereocenters. The quantitative estimate of drug-likeness (QED) is 0.755. The predicted molar refractivity (Wildman–Crippen MR) is 99.1 cm³/mol. The van der Waals surface area contributed by atoms with Gasteiger partial charge in [-0.1, -0.05) is 23.7 Å². The molecule has 0 radical (unpaired) electrons. The summed E-state index contributed by atoms with van der Waals surface area (Å²) >= 11 is 6.06. The molecule has 1 aliphatic rings. The second-order valence-electron chi connectivity index (χ2n) is 6.46. The van der Waals surface area contributed by atoms with E-state index in [0.29, 0.717) is 29.5 Å². The topological polar surface area (TPSA) is 64.6 Å². The highest BCUT2D eigenvalue weighted by atomic mass is 35.5. The Morgan fingerprint density at radius 1 is 1.25 bits per heavy atom. The third kappa shape index (κ3) is 3.94. The van der Waals surface area contributed by atoms with Gasteiger partial charge in [-0.2, -0.15) is 0 Å². The molecule has 3 rings (SSSR count). The number of hydrogen-bond donors (Lipinski definition) is 1. The van der Waals surface area contributed by atoms with Crippen LogP contribution in [0.5, 0.6) is 5.75 Å². The number of hydrogen-bond acceptors (Lipinski definition) is 4. The van der Waals surface area contributed by atoms with Gasteiger partial charge in [-0.15, -0.1) is 0 Å². The molecule has 1 N–H and O–H groups in total. The third-order valence-electron chi connectivity index (χ3n) is 4.49. The molecule has 0 spiro atoms. The van der Waals surface area contributed by atoms with Crippen molar-refractivity contribution in [1.82, 2.24) is 5.32 Å². The first kappa shape index (κ1) is 20.1. The Balaban J connectivity index is 2.00. The number of benzene rings is 2. The minimum Gasteiger partial charge on any atom is -0.493 e. The molecule has 2 aromatic rings. The molecule has 1 amide bonds. The summed E-state index contributed by atoms with van der Waals surface area (Å²) in [5.41, 5.74) is -0.0328. The second kappa shape index (κ2) is 7.75. The van der Waals surface area contributed by atoms with Crippen molar-refractivity contribution in [2.75, 3.05) is 13.7 Å². The number of carbonyl (C=O) groups excluding carboxylic acids is 2. The average molecular weight is 410 g/mol. The number of alkyl halides is 2. The number of ether oxygens (including phenoxy) is 2. The fourth-order valence-corrected chi connectivity index (χ4v) is 3.33. The number of carbonyl (C=O) groups is 2. The van der Waals surface area contributed by atoms with E-state index in [1.807, 2.05) is 0 Å². The highest BCUT2D eigenvalue weighted by Crippen LogP contribution is 2.40. The van der Waals surface area contributed by atoms with E-state index in [0.717, 1.165) is 13.2 Å². The predicted octanol–water partition coefficient (Wildman–Crippen LogP) is 4.49. The van der Waals surface area contributed by atoms with E-state index in [4.69, 9.17) is 16.3 Å². The lowest BCUT2D eigenvalue weighted by Crippen LogP contribution is -2.33. The molecule has 0 bridgehead atoms. The lowest BCUT2D eigenvalue weighted by molar-refractivity contribution is 0.0144. The largest absolute Gasteiger partial charge is 0.493 e. The number of fused-ring (bicyclic) bond motifs is 1. The lowest BCUT2D eigenvalue weighted by Gasteiger charge is -2.29. The lowest BCUT2D eigenvalue weighted by atomic mass is 9.92. The van der Waals surface area contributed by atoms with Crippen LogP contribution in [0, 0.1) is 0 Å². The van der Waals surface area contributed by atoms with Crippen molar-refractivity contribution in [3.63, 3.8) is 0 Å². The van der Waals surface area contributed by atoms with Crippen molar-refractivity contribution in [3.05, 3.63) is 63.7 Å². The summed E-state index contributed by atoms with van der Waals surface area (Å²) in [6.45, 7) is 0.924. The molecule has 1 heterocycles. The molecule has 0 fully saturated rings. The highest BCUT2D eigenvalue weighted by molar-refractivity contribution is 6.33. The van der Waals surface area contributed by atoms with Gasteiger partial charge < -0.3 is 14.8 Å². The van der Waals surface area contributed by atoms with Crippen LogP contribution < -0.4 is 10.1 Å². The molecule has 2 aromatic carbocycles. The molecule has 8 heteroatoms. The van der Waals surface area contributed by atoms with Crippen molar-refractivity contribution in [2.24, 2.45) is 0 Å². The van der Waals surface area contributed by atoms with E-state index in [1.54, 1.807) is 24.3 Å². The summed E-state index contributed by atoms with van der Waals surface area (Å²) in [6, 6.07) is 8.47. The second-order valence-corrected chi connectivity index (χ2v) is 6.87. The zero-order valence-electron chi connectivity index (χ0n) is 15.2. The normalized spacial score (nSPS) is 16.0. The van der Waals surface area contributed by atoms with E-state index in [-0.39, 0.29) is 17.9 Å². The Morgan fingerprint density at radius 3 is 2.61 bits per heavy atom. The molecule has 0 saturated carbocycles. The molecule has 1 aliphatic heterocycles. The molecule has 0 aromatic heterocycles. The van der Waals surface area contributed by atoms with Crippen LogP contribution in [0.4, 0.5) is 8.78 Å². The van der Waals surface area contributed by atoms with Crippen LogP contribution in [0.25, 0.3) is 0 Å². The maximum Gasteiger partial charge on any atom is 0.338 e. The minimum absolute atomic E-state index is 0.194. The van der Waals surface area contributed by atoms with Crippen molar-refractivity contribution >= 4 is 23.5 Å². The number of nitrogens with one attached hydrogen (secondary N) is 1. The summed E-state index contributed by atoms with van der Waals surface area (Å²) < 4.78 is 38.2. The summed E-state index contributed by atoms with van der Waals surface area (Å²) in [5.74, 6) is -4.37. The van der Waals surface area contributed by atoms with E-state index < -0.39 is 29.4 Å². The number of halogens is 3. The Bertz CT molecular complexity index is 927. The van der Waals surface area contributed by atoms with E-state index in [9.17, 15) is 18.4 Å². The Labute approximate surface area is 165 Å². The number of esters is 1. The molecule has 1 atom stereocenters. The number of amides is 1. The number of rotatable bonds is 4. The van der Waals surface area contributed by atoms with Crippen LogP contribution >= 0.6 is 11.6 Å². The van der Waals surface area contributed by atoms with Gasteiger partial charge >= 0.3 is 5.97 Å². The first-order chi connectivity index (χ1) is 13.2. The number of methoxy groups -OCH3 is 1. The van der Waals surface area contributed by atoms with Crippen LogP contribution in [-0.2, 0) is 10.7 Å². The maximum absolute atomic E-state index is 14.0. The average Bonchev–Trinajstić information content (AvgIpc) is 2.66. The third-order valence-corrected chi connectivity index (χ3v) is 4.82. The minimum atomic E-state index is -3.27. The van der Waals surface area contributed by atoms with E-state index in [2.05, 4.69) is 10.1 Å². The molecule has 0 saturated heterocycles. The van der Waals surface area contributed by atoms with Crippen LogP contribution in [0.1, 0.15) is 51.2 Å². The zero-order chi connectivity index (χ0) is 20.5. The summed E-state index contributed by atoms with van der Waals surface area (Å²) in [6.07, 6.45) is 0.408. The van der Waals surface area contributed by atoms with E-state index in [1.165, 1.54) is 6.07 Å². The van der Waals surface area contributed by atoms with Crippen molar-refractivity contribution < 1.29 is 27.8 Å². The van der Waals surface area contributed by atoms with Gasteiger partial charge in [-0.3, -0.25) is 4.79 Å². The van der Waals surface area contributed by atoms with Crippen molar-refractivity contribution in [2.45, 2.75) is 25.3 Å². The van der Waals surface area contributed by atoms with Gasteiger partial charge in [0.25, 0.3) is 11.8 Å². The molecule has 28 heavy (non-hydrogen) atoms. The van der Waals surface area contributed by atoms with Gasteiger partial charge in [0.05, 0.1) is 35.9 Å². The van der Waals surface area contributed by atoms with Crippen LogP contribution in [0.15, 0.2) is 36.4 Å². The van der Waals surface area contributed by atoms with Crippen molar-refractivity contribution in [1.29, 1.82) is 0 Å². The van der Waals surface area contributed by atoms with Crippen LogP contribution in [0.2, 0.25) is 5.02 Å². The smallest absolute Gasteiger partial charge is 0.338 e. The zero-order valence-corrected chi connectivity index (χ0v) is 16.0. The fourth-order valence-electron chi connectivity index (χ4n) is 3.11. The van der Waals surface area contributed by atoms with Gasteiger partial charge in [0.2, 0.25) is 0 Å². The monoisotopic (exact) mass is 409 g/mol. The van der Waals surface area contributed by atoms with Gasteiger partial charge in [-0.25, -0.2) is 13.6 Å². The van der Waals surface area contributed by atoms with E-state index >= 15 is 0 Å². The summed E-state index contributed by atoms with van der Waals surface area (Å²) in [5, 5.41) is 3.13. The van der Waals surface area contributed by atoms with Crippen molar-refractivity contribution in [3.8, 4) is 5.75 Å². The van der Waals surface area contributed by atoms with Gasteiger partial charge in [0, 0.05) is 24.5 Å². The molecule has 5 nitrogen and oxygen atoms in total. The Hall–Kier alpha value is -2.67. The molecular formula is C20H18ClF2NO4. The Kier molecular flexibility index (Phi) is 5.56. The fraction of sp³-hybridized carbons (Fsp3) is 0.300. The summed E-state index contributed by atoms with van der Waals surface area (Å²) in [7, 11) is 1.12. The summed E-state index contributed by atoms with van der Waals surface area (Å²) in [4.78, 5) is 24.7. The molecule has 0 aliphatic carbocycles. The first-order valence-corrected chi connectivity index (χ1v) is 8.93. The van der Waals surface area contributed by atoms with Gasteiger partial charge in [0.15, 0.2) is 0 Å².